The zero-order valence-corrected chi connectivity index (χ0v) is 13.4. The highest BCUT2D eigenvalue weighted by atomic mass is 32.2. The Morgan fingerprint density at radius 1 is 1.52 bits per heavy atom. The third-order valence-corrected chi connectivity index (χ3v) is 3.62. The minimum Gasteiger partial charge on any atom is -0.480 e. The van der Waals surface area contributed by atoms with Gasteiger partial charge in [0, 0.05) is 25.4 Å². The number of aliphatic carboxylic acids is 1. The molecule has 0 radical (unpaired) electrons. The number of carbonyl (C=O) groups is 2. The smallest absolute Gasteiger partial charge is 0.326 e. The number of carbonyl (C=O) groups excluding carboxylic acids is 1. The number of aromatic nitrogens is 2. The molecule has 7 nitrogen and oxygen atoms in total. The van der Waals surface area contributed by atoms with E-state index in [0.717, 1.165) is 17.7 Å². The van der Waals surface area contributed by atoms with Gasteiger partial charge in [-0.25, -0.2) is 9.59 Å². The Labute approximate surface area is 128 Å². The van der Waals surface area contributed by atoms with Gasteiger partial charge in [0.25, 0.3) is 0 Å². The van der Waals surface area contributed by atoms with E-state index >= 15 is 0 Å². The summed E-state index contributed by atoms with van der Waals surface area (Å²) in [6.45, 7) is 2.33. The van der Waals surface area contributed by atoms with E-state index in [1.807, 2.05) is 26.4 Å². The van der Waals surface area contributed by atoms with Gasteiger partial charge >= 0.3 is 12.0 Å². The van der Waals surface area contributed by atoms with Gasteiger partial charge in [0.15, 0.2) is 0 Å². The van der Waals surface area contributed by atoms with Crippen LogP contribution in [0.1, 0.15) is 24.6 Å². The lowest BCUT2D eigenvalue weighted by molar-refractivity contribution is -0.139. The molecule has 1 atom stereocenters. The van der Waals surface area contributed by atoms with Gasteiger partial charge in [-0.1, -0.05) is 6.92 Å². The van der Waals surface area contributed by atoms with Gasteiger partial charge in [-0.3, -0.25) is 4.68 Å². The highest BCUT2D eigenvalue weighted by molar-refractivity contribution is 7.98. The van der Waals surface area contributed by atoms with Crippen molar-refractivity contribution in [2.45, 2.75) is 32.4 Å². The third-order valence-electron chi connectivity index (χ3n) is 2.98. The summed E-state index contributed by atoms with van der Waals surface area (Å²) in [4.78, 5) is 22.8. The Morgan fingerprint density at radius 2 is 2.24 bits per heavy atom. The van der Waals surface area contributed by atoms with Gasteiger partial charge in [0.05, 0.1) is 5.69 Å². The molecule has 0 saturated carbocycles. The topological polar surface area (TPSA) is 96.3 Å². The molecular weight excluding hydrogens is 292 g/mol. The molecule has 118 valence electrons. The average molecular weight is 314 g/mol. The minimum absolute atomic E-state index is 0.331. The Bertz CT molecular complexity index is 490. The van der Waals surface area contributed by atoms with Crippen LogP contribution in [0.15, 0.2) is 6.20 Å². The first-order valence-electron chi connectivity index (χ1n) is 6.75. The number of amides is 2. The van der Waals surface area contributed by atoms with E-state index in [4.69, 9.17) is 5.11 Å². The molecule has 2 amide bonds. The quantitative estimate of drug-likeness (QED) is 0.665. The number of nitrogens with one attached hydrogen (secondary N) is 2. The van der Waals surface area contributed by atoms with E-state index in [1.165, 1.54) is 0 Å². The summed E-state index contributed by atoms with van der Waals surface area (Å²) >= 11 is 1.55. The van der Waals surface area contributed by atoms with E-state index in [0.29, 0.717) is 18.7 Å². The van der Waals surface area contributed by atoms with Gasteiger partial charge in [-0.2, -0.15) is 16.9 Å². The first kappa shape index (κ1) is 17.4. The summed E-state index contributed by atoms with van der Waals surface area (Å²) in [5.74, 6) is -0.338. The molecule has 1 rings (SSSR count). The predicted octanol–water partition coefficient (Wildman–Crippen LogP) is 0.988. The summed E-state index contributed by atoms with van der Waals surface area (Å²) in [7, 11) is 1.83. The molecular formula is C13H22N4O3S. The zero-order valence-electron chi connectivity index (χ0n) is 12.5. The van der Waals surface area contributed by atoms with Crippen molar-refractivity contribution >= 4 is 23.8 Å². The van der Waals surface area contributed by atoms with Crippen LogP contribution in [0.4, 0.5) is 4.79 Å². The Kier molecular flexibility index (Phi) is 7.07. The fourth-order valence-corrected chi connectivity index (χ4v) is 2.38. The Hall–Kier alpha value is -1.70. The van der Waals surface area contributed by atoms with Crippen molar-refractivity contribution in [3.8, 4) is 0 Å². The van der Waals surface area contributed by atoms with Crippen LogP contribution in [-0.4, -0.2) is 44.9 Å². The van der Waals surface area contributed by atoms with Crippen LogP contribution < -0.4 is 10.6 Å². The molecule has 0 aliphatic heterocycles. The van der Waals surface area contributed by atoms with Gasteiger partial charge in [-0.15, -0.1) is 0 Å². The molecule has 0 spiro atoms. The summed E-state index contributed by atoms with van der Waals surface area (Å²) in [5, 5.41) is 18.5. The fourth-order valence-electron chi connectivity index (χ4n) is 1.91. The Morgan fingerprint density at radius 3 is 2.81 bits per heavy atom. The lowest BCUT2D eigenvalue weighted by Crippen LogP contribution is -2.46. The largest absolute Gasteiger partial charge is 0.480 e. The number of hydrogen-bond acceptors (Lipinski definition) is 4. The van der Waals surface area contributed by atoms with Crippen LogP contribution in [0.25, 0.3) is 0 Å². The second-order valence-electron chi connectivity index (χ2n) is 4.63. The number of hydrogen-bond donors (Lipinski definition) is 3. The number of carboxylic acid groups (broad SMARTS) is 1. The molecule has 0 aromatic carbocycles. The number of thioether (sulfide) groups is 1. The number of aryl methyl sites for hydroxylation is 2. The van der Waals surface area contributed by atoms with Crippen molar-refractivity contribution in [1.29, 1.82) is 0 Å². The molecule has 21 heavy (non-hydrogen) atoms. The Balaban J connectivity index is 2.50. The van der Waals surface area contributed by atoms with Crippen molar-refractivity contribution in [2.24, 2.45) is 7.05 Å². The molecule has 1 aromatic heterocycles. The first-order valence-corrected chi connectivity index (χ1v) is 8.14. The van der Waals surface area contributed by atoms with Crippen LogP contribution in [-0.2, 0) is 24.8 Å². The van der Waals surface area contributed by atoms with Gasteiger partial charge in [0.2, 0.25) is 0 Å². The summed E-state index contributed by atoms with van der Waals surface area (Å²) < 4.78 is 1.70. The lowest BCUT2D eigenvalue weighted by Gasteiger charge is -2.14. The van der Waals surface area contributed by atoms with Gasteiger partial charge in [-0.05, 0) is 24.9 Å². The normalized spacial score (nSPS) is 12.0. The highest BCUT2D eigenvalue weighted by Gasteiger charge is 2.19. The molecule has 0 aliphatic rings. The molecule has 0 saturated heterocycles. The summed E-state index contributed by atoms with van der Waals surface area (Å²) in [6.07, 6.45) is 4.93. The molecule has 1 aromatic rings. The maximum atomic E-state index is 11.8. The number of carboxylic acids is 1. The van der Waals surface area contributed by atoms with Crippen LogP contribution in [0.2, 0.25) is 0 Å². The number of urea groups is 1. The molecule has 0 fully saturated rings. The number of rotatable bonds is 8. The molecule has 0 unspecified atom stereocenters. The summed E-state index contributed by atoms with van der Waals surface area (Å²) in [6, 6.07) is -1.34. The van der Waals surface area contributed by atoms with E-state index in [2.05, 4.69) is 15.7 Å². The summed E-state index contributed by atoms with van der Waals surface area (Å²) in [5.41, 5.74) is 1.86. The van der Waals surface area contributed by atoms with Gasteiger partial charge < -0.3 is 15.7 Å². The highest BCUT2D eigenvalue weighted by Crippen LogP contribution is 2.06. The molecule has 3 N–H and O–H groups in total. The van der Waals surface area contributed by atoms with Crippen LogP contribution in [0.5, 0.6) is 0 Å². The predicted molar refractivity (Wildman–Crippen MR) is 82.4 cm³/mol. The van der Waals surface area contributed by atoms with Crippen LogP contribution in [0, 0.1) is 0 Å². The van der Waals surface area contributed by atoms with Crippen molar-refractivity contribution < 1.29 is 14.7 Å². The number of nitrogens with zero attached hydrogens (tertiary/aromatic N) is 2. The fraction of sp³-hybridized carbons (Fsp3) is 0.615. The first-order chi connectivity index (χ1) is 9.97. The average Bonchev–Trinajstić information content (AvgIpc) is 2.81. The monoisotopic (exact) mass is 314 g/mol. The molecule has 0 bridgehead atoms. The van der Waals surface area contributed by atoms with Crippen LogP contribution >= 0.6 is 11.8 Å². The second kappa shape index (κ2) is 8.56. The maximum absolute atomic E-state index is 11.8. The van der Waals surface area contributed by atoms with Crippen molar-refractivity contribution in [2.75, 3.05) is 12.0 Å². The molecule has 1 heterocycles. The maximum Gasteiger partial charge on any atom is 0.326 e. The zero-order chi connectivity index (χ0) is 15.8. The van der Waals surface area contributed by atoms with Crippen molar-refractivity contribution in [1.82, 2.24) is 20.4 Å². The van der Waals surface area contributed by atoms with E-state index < -0.39 is 18.0 Å². The minimum atomic E-state index is -1.02. The third kappa shape index (κ3) is 5.66. The van der Waals surface area contributed by atoms with Crippen LogP contribution in [0.3, 0.4) is 0 Å². The van der Waals surface area contributed by atoms with Crippen molar-refractivity contribution in [3.05, 3.63) is 17.5 Å². The van der Waals surface area contributed by atoms with E-state index in [1.54, 1.807) is 16.4 Å². The SMILES string of the molecule is CCc1nn(C)cc1CNC(=O)N[C@H](CCSC)C(=O)O. The molecule has 0 aliphatic carbocycles. The van der Waals surface area contributed by atoms with E-state index in [9.17, 15) is 9.59 Å². The molecule has 8 heteroatoms. The van der Waals surface area contributed by atoms with Gasteiger partial charge in [0.1, 0.15) is 6.04 Å². The standard InChI is InChI=1S/C13H22N4O3S/c1-4-10-9(8-17(2)16-10)7-14-13(20)15-11(12(18)19)5-6-21-3/h8,11H,4-7H2,1-3H3,(H,18,19)(H2,14,15,20)/t11-/m1/s1. The second-order valence-corrected chi connectivity index (χ2v) is 5.61. The lowest BCUT2D eigenvalue weighted by atomic mass is 10.2. The van der Waals surface area contributed by atoms with Crippen molar-refractivity contribution in [3.63, 3.8) is 0 Å². The van der Waals surface area contributed by atoms with E-state index in [-0.39, 0.29) is 0 Å².